The molecule has 2 N–H and O–H groups in total. The normalized spacial score (nSPS) is 10.6. The minimum absolute atomic E-state index is 0.0378. The minimum Gasteiger partial charge on any atom is -0.507 e. The number of carboxylic acid groups (broad SMARTS) is 1. The molecule has 0 saturated carbocycles. The van der Waals surface area contributed by atoms with Gasteiger partial charge >= 0.3 is 5.97 Å². The SMILES string of the molecule is CCOc1ccccc1CCCCc1cccc(C(=O)O)c1O.c1cc2ccc1o2. The Hall–Kier alpha value is -3.47. The summed E-state index contributed by atoms with van der Waals surface area (Å²) >= 11 is 0. The lowest BCUT2D eigenvalue weighted by Crippen LogP contribution is -2.00. The average Bonchev–Trinajstić information content (AvgIpc) is 3.40. The van der Waals surface area contributed by atoms with Gasteiger partial charge in [-0.25, -0.2) is 4.79 Å². The average molecular weight is 406 g/mol. The number of ether oxygens (including phenoxy) is 1. The zero-order valence-electron chi connectivity index (χ0n) is 17.0. The van der Waals surface area contributed by atoms with Gasteiger partial charge in [0.2, 0.25) is 0 Å². The molecule has 0 fully saturated rings. The van der Waals surface area contributed by atoms with Crippen molar-refractivity contribution in [2.75, 3.05) is 6.61 Å². The van der Waals surface area contributed by atoms with Gasteiger partial charge in [0, 0.05) is 0 Å². The van der Waals surface area contributed by atoms with Crippen LogP contribution in [-0.4, -0.2) is 22.8 Å². The summed E-state index contributed by atoms with van der Waals surface area (Å²) in [6.45, 7) is 2.61. The molecule has 0 radical (unpaired) electrons. The number of fused-ring (bicyclic) bond motifs is 2. The molecule has 5 nitrogen and oxygen atoms in total. The van der Waals surface area contributed by atoms with E-state index in [4.69, 9.17) is 14.3 Å². The van der Waals surface area contributed by atoms with Crippen LogP contribution in [-0.2, 0) is 12.8 Å². The summed E-state index contributed by atoms with van der Waals surface area (Å²) in [6.07, 6.45) is 3.37. The third kappa shape index (κ3) is 5.54. The van der Waals surface area contributed by atoms with Gasteiger partial charge in [-0.2, -0.15) is 0 Å². The van der Waals surface area contributed by atoms with Crippen LogP contribution in [0.15, 0.2) is 71.1 Å². The van der Waals surface area contributed by atoms with E-state index in [2.05, 4.69) is 6.07 Å². The molecule has 156 valence electrons. The molecular weight excluding hydrogens is 380 g/mol. The first-order chi connectivity index (χ1) is 14.6. The van der Waals surface area contributed by atoms with Crippen LogP contribution in [0.5, 0.6) is 11.5 Å². The zero-order chi connectivity index (χ0) is 21.3. The molecule has 0 amide bonds. The predicted molar refractivity (Wildman–Crippen MR) is 117 cm³/mol. The van der Waals surface area contributed by atoms with Gasteiger partial charge in [-0.05, 0) is 80.1 Å². The molecule has 0 aliphatic rings. The molecule has 0 atom stereocenters. The molecule has 0 aliphatic carbocycles. The summed E-state index contributed by atoms with van der Waals surface area (Å²) < 4.78 is 10.7. The molecular formula is C25H26O5. The first kappa shape index (κ1) is 21.2. The summed E-state index contributed by atoms with van der Waals surface area (Å²) in [5.74, 6) is -0.296. The summed E-state index contributed by atoms with van der Waals surface area (Å²) in [7, 11) is 0. The van der Waals surface area contributed by atoms with E-state index in [1.807, 2.05) is 49.4 Å². The minimum atomic E-state index is -1.10. The second kappa shape index (κ2) is 10.3. The van der Waals surface area contributed by atoms with E-state index in [9.17, 15) is 9.90 Å². The van der Waals surface area contributed by atoms with Gasteiger partial charge in [-0.1, -0.05) is 30.3 Å². The van der Waals surface area contributed by atoms with E-state index >= 15 is 0 Å². The maximum atomic E-state index is 11.0. The highest BCUT2D eigenvalue weighted by Gasteiger charge is 2.12. The number of aromatic carboxylic acids is 1. The number of hydrogen-bond acceptors (Lipinski definition) is 4. The van der Waals surface area contributed by atoms with Crippen molar-refractivity contribution >= 4 is 17.1 Å². The number of rotatable bonds is 8. The Morgan fingerprint density at radius 2 is 1.47 bits per heavy atom. The Kier molecular flexibility index (Phi) is 7.33. The lowest BCUT2D eigenvalue weighted by atomic mass is 10.0. The van der Waals surface area contributed by atoms with Crippen LogP contribution >= 0.6 is 0 Å². The molecule has 4 rings (SSSR count). The van der Waals surface area contributed by atoms with Crippen molar-refractivity contribution in [1.29, 1.82) is 0 Å². The number of aromatic hydroxyl groups is 1. The molecule has 0 aliphatic heterocycles. The Labute approximate surface area is 175 Å². The van der Waals surface area contributed by atoms with Crippen LogP contribution < -0.4 is 4.74 Å². The number of carbonyl (C=O) groups is 1. The maximum absolute atomic E-state index is 11.0. The topological polar surface area (TPSA) is 79.9 Å². The number of phenols is 1. The fourth-order valence-electron chi connectivity index (χ4n) is 3.32. The number of furan rings is 2. The Bertz CT molecular complexity index is 1020. The van der Waals surface area contributed by atoms with Crippen LogP contribution in [0.25, 0.3) is 11.2 Å². The molecule has 0 spiro atoms. The second-order valence-electron chi connectivity index (χ2n) is 6.94. The van der Waals surface area contributed by atoms with Gasteiger partial charge in [0.15, 0.2) is 0 Å². The van der Waals surface area contributed by atoms with Crippen molar-refractivity contribution in [2.24, 2.45) is 0 Å². The number of aryl methyl sites for hydroxylation is 2. The van der Waals surface area contributed by atoms with Crippen molar-refractivity contribution in [3.63, 3.8) is 0 Å². The van der Waals surface area contributed by atoms with Crippen LogP contribution in [0.1, 0.15) is 41.3 Å². The lowest BCUT2D eigenvalue weighted by Gasteiger charge is -2.10. The number of para-hydroxylation sites is 2. The summed E-state index contributed by atoms with van der Waals surface area (Å²) in [5.41, 5.74) is 3.76. The fraction of sp³-hybridized carbons (Fsp3) is 0.240. The molecule has 0 saturated heterocycles. The largest absolute Gasteiger partial charge is 0.507 e. The highest BCUT2D eigenvalue weighted by molar-refractivity contribution is 5.91. The van der Waals surface area contributed by atoms with Crippen LogP contribution in [0, 0.1) is 0 Å². The van der Waals surface area contributed by atoms with Gasteiger partial charge in [-0.15, -0.1) is 0 Å². The fourth-order valence-corrected chi connectivity index (χ4v) is 3.32. The van der Waals surface area contributed by atoms with Gasteiger partial charge in [-0.3, -0.25) is 0 Å². The van der Waals surface area contributed by atoms with Gasteiger partial charge in [0.25, 0.3) is 0 Å². The van der Waals surface area contributed by atoms with Crippen molar-refractivity contribution in [1.82, 2.24) is 0 Å². The van der Waals surface area contributed by atoms with Crippen molar-refractivity contribution in [3.8, 4) is 11.5 Å². The monoisotopic (exact) mass is 406 g/mol. The van der Waals surface area contributed by atoms with Gasteiger partial charge in [0.1, 0.15) is 28.2 Å². The Morgan fingerprint density at radius 1 is 0.867 bits per heavy atom. The molecule has 2 heterocycles. The molecule has 30 heavy (non-hydrogen) atoms. The molecule has 2 aromatic carbocycles. The third-order valence-electron chi connectivity index (χ3n) is 4.82. The van der Waals surface area contributed by atoms with E-state index in [0.29, 0.717) is 18.6 Å². The Balaban J connectivity index is 0.000000302. The van der Waals surface area contributed by atoms with Crippen LogP contribution in [0.4, 0.5) is 0 Å². The highest BCUT2D eigenvalue weighted by atomic mass is 16.5. The van der Waals surface area contributed by atoms with Crippen molar-refractivity contribution < 1.29 is 24.2 Å². The first-order valence-corrected chi connectivity index (χ1v) is 10.1. The molecule has 5 heteroatoms. The smallest absolute Gasteiger partial charge is 0.339 e. The second-order valence-corrected chi connectivity index (χ2v) is 6.94. The van der Waals surface area contributed by atoms with Crippen molar-refractivity contribution in [3.05, 3.63) is 83.4 Å². The Morgan fingerprint density at radius 3 is 2.03 bits per heavy atom. The van der Waals surface area contributed by atoms with Crippen molar-refractivity contribution in [2.45, 2.75) is 32.6 Å². The van der Waals surface area contributed by atoms with Crippen LogP contribution in [0.3, 0.4) is 0 Å². The molecule has 0 unspecified atom stereocenters. The molecule has 4 aromatic rings. The first-order valence-electron chi connectivity index (χ1n) is 10.1. The van der Waals surface area contributed by atoms with Crippen LogP contribution in [0.2, 0.25) is 0 Å². The van der Waals surface area contributed by atoms with E-state index in [1.165, 1.54) is 11.6 Å². The highest BCUT2D eigenvalue weighted by Crippen LogP contribution is 2.25. The molecule has 2 bridgehead atoms. The predicted octanol–water partition coefficient (Wildman–Crippen LogP) is 5.93. The molecule has 2 aromatic heterocycles. The van der Waals surface area contributed by atoms with E-state index in [1.54, 1.807) is 12.1 Å². The van der Waals surface area contributed by atoms with Gasteiger partial charge < -0.3 is 19.4 Å². The number of benzene rings is 3. The van der Waals surface area contributed by atoms with E-state index < -0.39 is 5.97 Å². The maximum Gasteiger partial charge on any atom is 0.339 e. The third-order valence-corrected chi connectivity index (χ3v) is 4.82. The number of carboxylic acids is 1. The summed E-state index contributed by atoms with van der Waals surface area (Å²) in [5, 5.41) is 19.0. The van der Waals surface area contributed by atoms with Gasteiger partial charge in [0.05, 0.1) is 6.61 Å². The lowest BCUT2D eigenvalue weighted by molar-refractivity contribution is 0.0693. The summed E-state index contributed by atoms with van der Waals surface area (Å²) in [6, 6.07) is 20.7. The number of unbranched alkanes of at least 4 members (excludes halogenated alkanes) is 1. The standard InChI is InChI=1S/C19H22O4.C6H4O/c1-2-23-17-13-6-5-9-14(17)8-3-4-10-15-11-7-12-16(18(15)20)19(21)22;1-2-6-4-3-5(1)7-6/h5-7,9,11-13,20H,2-4,8,10H2,1H3,(H,21,22);1-4H. The zero-order valence-corrected chi connectivity index (χ0v) is 17.0. The summed E-state index contributed by atoms with van der Waals surface area (Å²) in [4.78, 5) is 11.0. The van der Waals surface area contributed by atoms with E-state index in [-0.39, 0.29) is 11.3 Å². The van der Waals surface area contributed by atoms with E-state index in [0.717, 1.165) is 36.2 Å². The quantitative estimate of drug-likeness (QED) is 0.355. The number of hydrogen-bond donors (Lipinski definition) is 2.